The zero-order chi connectivity index (χ0) is 16.4. The molecule has 1 aromatic carbocycles. The van der Waals surface area contributed by atoms with Crippen LogP contribution >= 0.6 is 0 Å². The maximum Gasteiger partial charge on any atom is 0.322 e. The first-order valence-electron chi connectivity index (χ1n) is 6.50. The van der Waals surface area contributed by atoms with Gasteiger partial charge < -0.3 is 9.84 Å². The molecule has 0 aliphatic carbocycles. The summed E-state index contributed by atoms with van der Waals surface area (Å²) in [5, 5.41) is 9.10. The summed E-state index contributed by atoms with van der Waals surface area (Å²) in [6.45, 7) is 6.77. The Labute approximate surface area is 125 Å². The van der Waals surface area contributed by atoms with E-state index in [1.165, 1.54) is 19.2 Å². The van der Waals surface area contributed by atoms with E-state index in [9.17, 15) is 13.2 Å². The lowest BCUT2D eigenvalue weighted by Crippen LogP contribution is -2.44. The number of benzene rings is 1. The van der Waals surface area contributed by atoms with Gasteiger partial charge in [-0.15, -0.1) is 0 Å². The van der Waals surface area contributed by atoms with Crippen molar-refractivity contribution in [1.29, 1.82) is 0 Å². The summed E-state index contributed by atoms with van der Waals surface area (Å²) < 4.78 is 32.1. The van der Waals surface area contributed by atoms with Gasteiger partial charge in [-0.25, -0.2) is 8.42 Å². The van der Waals surface area contributed by atoms with Crippen LogP contribution in [0.4, 0.5) is 0 Å². The summed E-state index contributed by atoms with van der Waals surface area (Å²) >= 11 is 0. The molecule has 0 saturated carbocycles. The van der Waals surface area contributed by atoms with Gasteiger partial charge in [0.05, 0.1) is 12.0 Å². The molecule has 0 amide bonds. The number of aliphatic carboxylic acids is 1. The Morgan fingerprint density at radius 3 is 2.05 bits per heavy atom. The average molecular weight is 315 g/mol. The SMILES string of the molecule is COc1c(C)cc(S(=O)(=O)N[C@@H](C(=O)O)C(C)C)cc1C. The highest BCUT2D eigenvalue weighted by molar-refractivity contribution is 7.89. The van der Waals surface area contributed by atoms with E-state index in [0.717, 1.165) is 0 Å². The summed E-state index contributed by atoms with van der Waals surface area (Å²) in [6.07, 6.45) is 0. The second kappa shape index (κ2) is 6.44. The van der Waals surface area contributed by atoms with Gasteiger partial charge in [0.15, 0.2) is 0 Å². The molecule has 1 rings (SSSR count). The quantitative estimate of drug-likeness (QED) is 0.833. The smallest absolute Gasteiger partial charge is 0.322 e. The largest absolute Gasteiger partial charge is 0.496 e. The number of hydrogen-bond donors (Lipinski definition) is 2. The summed E-state index contributed by atoms with van der Waals surface area (Å²) in [7, 11) is -2.39. The average Bonchev–Trinajstić information content (AvgIpc) is 2.35. The first-order valence-corrected chi connectivity index (χ1v) is 7.98. The maximum atomic E-state index is 12.3. The van der Waals surface area contributed by atoms with Gasteiger partial charge in [0, 0.05) is 0 Å². The van der Waals surface area contributed by atoms with E-state index in [0.29, 0.717) is 16.9 Å². The molecule has 0 radical (unpaired) electrons. The molecule has 1 atom stereocenters. The van der Waals surface area contributed by atoms with Crippen molar-refractivity contribution >= 4 is 16.0 Å². The Balaban J connectivity index is 3.23. The number of aryl methyl sites for hydroxylation is 2. The molecule has 0 fully saturated rings. The Morgan fingerprint density at radius 1 is 1.24 bits per heavy atom. The Hall–Kier alpha value is -1.60. The maximum absolute atomic E-state index is 12.3. The number of carboxylic acid groups (broad SMARTS) is 1. The molecular weight excluding hydrogens is 294 g/mol. The summed E-state index contributed by atoms with van der Waals surface area (Å²) in [5.74, 6) is -0.944. The van der Waals surface area contributed by atoms with Crippen LogP contribution in [0.2, 0.25) is 0 Å². The van der Waals surface area contributed by atoms with Gasteiger partial charge in [-0.3, -0.25) is 4.79 Å². The first-order chi connectivity index (χ1) is 9.60. The normalized spacial score (nSPS) is 13.2. The lowest BCUT2D eigenvalue weighted by atomic mass is 10.1. The molecule has 0 spiro atoms. The van der Waals surface area contributed by atoms with Gasteiger partial charge in [0.2, 0.25) is 10.0 Å². The van der Waals surface area contributed by atoms with Crippen molar-refractivity contribution in [2.45, 2.75) is 38.6 Å². The third kappa shape index (κ3) is 3.95. The third-order valence-corrected chi connectivity index (χ3v) is 4.58. The number of carbonyl (C=O) groups is 1. The van der Waals surface area contributed by atoms with Crippen molar-refractivity contribution in [3.05, 3.63) is 23.3 Å². The Bertz CT molecular complexity index is 614. The molecule has 6 nitrogen and oxygen atoms in total. The van der Waals surface area contributed by atoms with Crippen molar-refractivity contribution in [2.24, 2.45) is 5.92 Å². The summed E-state index contributed by atoms with van der Waals surface area (Å²) in [5.41, 5.74) is 1.35. The number of sulfonamides is 1. The lowest BCUT2D eigenvalue weighted by Gasteiger charge is -2.19. The molecule has 118 valence electrons. The molecular formula is C14H21NO5S. The minimum absolute atomic E-state index is 0.0326. The van der Waals surface area contributed by atoms with Crippen molar-refractivity contribution in [3.8, 4) is 5.75 Å². The number of ether oxygens (including phenoxy) is 1. The zero-order valence-electron chi connectivity index (χ0n) is 12.8. The van der Waals surface area contributed by atoms with Crippen LogP contribution in [0.1, 0.15) is 25.0 Å². The molecule has 7 heteroatoms. The molecule has 2 N–H and O–H groups in total. The predicted molar refractivity (Wildman–Crippen MR) is 79.1 cm³/mol. The van der Waals surface area contributed by atoms with Crippen LogP contribution in [0.15, 0.2) is 17.0 Å². The summed E-state index contributed by atoms with van der Waals surface area (Å²) in [6, 6.07) is 1.76. The van der Waals surface area contributed by atoms with Crippen LogP contribution in [0.25, 0.3) is 0 Å². The third-order valence-electron chi connectivity index (χ3n) is 3.16. The van der Waals surface area contributed by atoms with Gasteiger partial charge in [0.25, 0.3) is 0 Å². The van der Waals surface area contributed by atoms with Crippen LogP contribution < -0.4 is 9.46 Å². The zero-order valence-corrected chi connectivity index (χ0v) is 13.6. The predicted octanol–water partition coefficient (Wildman–Crippen LogP) is 1.70. The van der Waals surface area contributed by atoms with Crippen LogP contribution in [-0.4, -0.2) is 32.6 Å². The van der Waals surface area contributed by atoms with E-state index in [2.05, 4.69) is 4.72 Å². The van der Waals surface area contributed by atoms with E-state index in [4.69, 9.17) is 9.84 Å². The summed E-state index contributed by atoms with van der Waals surface area (Å²) in [4.78, 5) is 11.2. The highest BCUT2D eigenvalue weighted by Crippen LogP contribution is 2.26. The Kier molecular flexibility index (Phi) is 5.36. The van der Waals surface area contributed by atoms with E-state index in [1.54, 1.807) is 27.7 Å². The molecule has 0 saturated heterocycles. The second-order valence-corrected chi connectivity index (χ2v) is 6.99. The standard InChI is InChI=1S/C14H21NO5S/c1-8(2)12(14(16)17)15-21(18,19)11-6-9(3)13(20-5)10(4)7-11/h6-8,12,15H,1-5H3,(H,16,17)/t12-/m1/s1. The molecule has 0 bridgehead atoms. The van der Waals surface area contributed by atoms with Gasteiger partial charge >= 0.3 is 5.97 Å². The minimum atomic E-state index is -3.91. The fourth-order valence-corrected chi connectivity index (χ4v) is 3.60. The van der Waals surface area contributed by atoms with Crippen LogP contribution in [0, 0.1) is 19.8 Å². The second-order valence-electron chi connectivity index (χ2n) is 5.27. The molecule has 0 aliphatic rings. The monoisotopic (exact) mass is 315 g/mol. The van der Waals surface area contributed by atoms with Gasteiger partial charge in [-0.1, -0.05) is 13.8 Å². The molecule has 0 aromatic heterocycles. The van der Waals surface area contributed by atoms with E-state index in [1.807, 2.05) is 0 Å². The lowest BCUT2D eigenvalue weighted by molar-refractivity contribution is -0.140. The van der Waals surface area contributed by atoms with E-state index in [-0.39, 0.29) is 10.8 Å². The van der Waals surface area contributed by atoms with Crippen molar-refractivity contribution in [2.75, 3.05) is 7.11 Å². The fourth-order valence-electron chi connectivity index (χ4n) is 2.09. The molecule has 0 unspecified atom stereocenters. The van der Waals surface area contributed by atoms with E-state index >= 15 is 0 Å². The Morgan fingerprint density at radius 2 is 1.71 bits per heavy atom. The van der Waals surface area contributed by atoms with E-state index < -0.39 is 22.0 Å². The number of carboxylic acids is 1. The highest BCUT2D eigenvalue weighted by atomic mass is 32.2. The van der Waals surface area contributed by atoms with Crippen LogP contribution in [0.3, 0.4) is 0 Å². The topological polar surface area (TPSA) is 92.7 Å². The molecule has 0 aliphatic heterocycles. The number of hydrogen-bond acceptors (Lipinski definition) is 4. The van der Waals surface area contributed by atoms with Gasteiger partial charge in [-0.2, -0.15) is 4.72 Å². The molecule has 1 aromatic rings. The minimum Gasteiger partial charge on any atom is -0.496 e. The number of methoxy groups -OCH3 is 1. The molecule has 0 heterocycles. The van der Waals surface area contributed by atoms with Gasteiger partial charge in [-0.05, 0) is 43.0 Å². The number of rotatable bonds is 6. The fraction of sp³-hybridized carbons (Fsp3) is 0.500. The van der Waals surface area contributed by atoms with Gasteiger partial charge in [0.1, 0.15) is 11.8 Å². The number of nitrogens with one attached hydrogen (secondary N) is 1. The van der Waals surface area contributed by atoms with Crippen LogP contribution in [0.5, 0.6) is 5.75 Å². The highest BCUT2D eigenvalue weighted by Gasteiger charge is 2.28. The first kappa shape index (κ1) is 17.5. The van der Waals surface area contributed by atoms with Crippen molar-refractivity contribution < 1.29 is 23.1 Å². The van der Waals surface area contributed by atoms with Crippen molar-refractivity contribution in [1.82, 2.24) is 4.72 Å². The molecule has 21 heavy (non-hydrogen) atoms. The van der Waals surface area contributed by atoms with Crippen molar-refractivity contribution in [3.63, 3.8) is 0 Å². The van der Waals surface area contributed by atoms with Crippen LogP contribution in [-0.2, 0) is 14.8 Å².